The van der Waals surface area contributed by atoms with Gasteiger partial charge in [0.15, 0.2) is 0 Å². The molecule has 0 aliphatic rings. The summed E-state index contributed by atoms with van der Waals surface area (Å²) in [5.41, 5.74) is 4.06. The van der Waals surface area contributed by atoms with Gasteiger partial charge in [-0.3, -0.25) is 14.9 Å². The predicted molar refractivity (Wildman–Crippen MR) is 51.0 cm³/mol. The summed E-state index contributed by atoms with van der Waals surface area (Å²) in [7, 11) is 0. The minimum atomic E-state index is -0.924. The molecule has 1 aromatic rings. The number of phenols is 1. The van der Waals surface area contributed by atoms with Crippen molar-refractivity contribution in [2.75, 3.05) is 0 Å². The van der Waals surface area contributed by atoms with Crippen LogP contribution in [-0.2, 0) is 0 Å². The first-order chi connectivity index (χ1) is 6.43. The van der Waals surface area contributed by atoms with Crippen molar-refractivity contribution in [1.82, 2.24) is 0 Å². The molecule has 0 fully saturated rings. The second-order valence-corrected chi connectivity index (χ2v) is 3.36. The molecule has 0 aromatic heterocycles. The molecular formula is C7H5BrN2O4. The molecule has 0 radical (unpaired) electrons. The van der Waals surface area contributed by atoms with Gasteiger partial charge in [0.1, 0.15) is 0 Å². The van der Waals surface area contributed by atoms with Crippen LogP contribution in [0.5, 0.6) is 5.75 Å². The second-order valence-electron chi connectivity index (χ2n) is 2.44. The van der Waals surface area contributed by atoms with E-state index in [0.29, 0.717) is 4.47 Å². The summed E-state index contributed by atoms with van der Waals surface area (Å²) in [6, 6.07) is 2.30. The van der Waals surface area contributed by atoms with Crippen molar-refractivity contribution in [3.8, 4) is 5.75 Å². The van der Waals surface area contributed by atoms with Gasteiger partial charge >= 0.3 is 5.69 Å². The van der Waals surface area contributed by atoms with Gasteiger partial charge in [0.05, 0.1) is 10.5 Å². The Labute approximate surface area is 86.6 Å². The molecule has 6 nitrogen and oxygen atoms in total. The molecule has 0 aliphatic heterocycles. The number of carbonyl (C=O) groups is 1. The average molecular weight is 261 g/mol. The first-order valence-electron chi connectivity index (χ1n) is 3.40. The highest BCUT2D eigenvalue weighted by molar-refractivity contribution is 9.10. The Morgan fingerprint density at radius 3 is 2.57 bits per heavy atom. The van der Waals surface area contributed by atoms with Crippen LogP contribution in [0.15, 0.2) is 16.6 Å². The lowest BCUT2D eigenvalue weighted by Crippen LogP contribution is -2.11. The van der Waals surface area contributed by atoms with E-state index >= 15 is 0 Å². The zero-order valence-electron chi connectivity index (χ0n) is 6.73. The van der Waals surface area contributed by atoms with Gasteiger partial charge in [-0.25, -0.2) is 0 Å². The molecular weight excluding hydrogens is 256 g/mol. The fourth-order valence-electron chi connectivity index (χ4n) is 0.912. The summed E-state index contributed by atoms with van der Waals surface area (Å²) in [5.74, 6) is -1.64. The SMILES string of the molecule is NC(=O)c1cc(Br)cc([N+](=O)[O-])c1O. The van der Waals surface area contributed by atoms with E-state index in [1.54, 1.807) is 0 Å². The zero-order valence-corrected chi connectivity index (χ0v) is 8.32. The van der Waals surface area contributed by atoms with E-state index in [1.807, 2.05) is 0 Å². The number of hydrogen-bond donors (Lipinski definition) is 2. The van der Waals surface area contributed by atoms with E-state index in [9.17, 15) is 20.0 Å². The van der Waals surface area contributed by atoms with Gasteiger partial charge in [0, 0.05) is 10.5 Å². The van der Waals surface area contributed by atoms with Gasteiger partial charge in [0.25, 0.3) is 5.91 Å². The number of nitro benzene ring substituents is 1. The Hall–Kier alpha value is -1.63. The van der Waals surface area contributed by atoms with E-state index in [2.05, 4.69) is 15.9 Å². The fraction of sp³-hybridized carbons (Fsp3) is 0. The number of benzene rings is 1. The number of carbonyl (C=O) groups excluding carboxylic acids is 1. The third-order valence-corrected chi connectivity index (χ3v) is 1.97. The van der Waals surface area contributed by atoms with Crippen molar-refractivity contribution in [1.29, 1.82) is 0 Å². The Bertz CT molecular complexity index is 383. The Morgan fingerprint density at radius 1 is 1.57 bits per heavy atom. The van der Waals surface area contributed by atoms with E-state index in [-0.39, 0.29) is 5.56 Å². The summed E-state index contributed by atoms with van der Waals surface area (Å²) < 4.78 is 0.302. The Balaban J connectivity index is 3.47. The smallest absolute Gasteiger partial charge is 0.312 e. The third kappa shape index (κ3) is 1.82. The molecule has 0 saturated heterocycles. The highest BCUT2D eigenvalue weighted by atomic mass is 79.9. The molecule has 0 heterocycles. The maximum atomic E-state index is 10.8. The molecule has 1 amide bonds. The number of primary amides is 1. The van der Waals surface area contributed by atoms with Crippen LogP contribution in [0.2, 0.25) is 0 Å². The third-order valence-electron chi connectivity index (χ3n) is 1.52. The average Bonchev–Trinajstić information content (AvgIpc) is 2.07. The van der Waals surface area contributed by atoms with Gasteiger partial charge in [-0.2, -0.15) is 0 Å². The van der Waals surface area contributed by atoms with Crippen molar-refractivity contribution >= 4 is 27.5 Å². The van der Waals surface area contributed by atoms with Crippen molar-refractivity contribution in [3.63, 3.8) is 0 Å². The van der Waals surface area contributed by atoms with Crippen molar-refractivity contribution < 1.29 is 14.8 Å². The molecule has 3 N–H and O–H groups in total. The number of aromatic hydroxyl groups is 1. The van der Waals surface area contributed by atoms with Crippen LogP contribution >= 0.6 is 15.9 Å². The standard InChI is InChI=1S/C7H5BrN2O4/c8-3-1-4(7(9)12)6(11)5(2-3)10(13)14/h1-2,11H,(H2,9,12). The van der Waals surface area contributed by atoms with Gasteiger partial charge in [-0.15, -0.1) is 0 Å². The quantitative estimate of drug-likeness (QED) is 0.615. The van der Waals surface area contributed by atoms with Gasteiger partial charge < -0.3 is 10.8 Å². The first-order valence-corrected chi connectivity index (χ1v) is 4.19. The highest BCUT2D eigenvalue weighted by Crippen LogP contribution is 2.32. The van der Waals surface area contributed by atoms with E-state index in [0.717, 1.165) is 6.07 Å². The first kappa shape index (κ1) is 10.5. The minimum absolute atomic E-state index is 0.286. The minimum Gasteiger partial charge on any atom is -0.502 e. The van der Waals surface area contributed by atoms with Crippen LogP contribution in [0.4, 0.5) is 5.69 Å². The van der Waals surface area contributed by atoms with Crippen LogP contribution in [0.25, 0.3) is 0 Å². The summed E-state index contributed by atoms with van der Waals surface area (Å²) >= 11 is 2.96. The number of halogens is 1. The van der Waals surface area contributed by atoms with E-state index in [4.69, 9.17) is 5.73 Å². The molecule has 0 spiro atoms. The lowest BCUT2D eigenvalue weighted by Gasteiger charge is -2.01. The second kappa shape index (κ2) is 3.62. The highest BCUT2D eigenvalue weighted by Gasteiger charge is 2.20. The lowest BCUT2D eigenvalue weighted by atomic mass is 10.1. The van der Waals surface area contributed by atoms with Gasteiger partial charge in [0.2, 0.25) is 5.75 Å². The van der Waals surface area contributed by atoms with E-state index in [1.165, 1.54) is 6.07 Å². The number of rotatable bonds is 2. The van der Waals surface area contributed by atoms with Crippen LogP contribution < -0.4 is 5.73 Å². The summed E-state index contributed by atoms with van der Waals surface area (Å²) in [6.07, 6.45) is 0. The Morgan fingerprint density at radius 2 is 2.14 bits per heavy atom. The topological polar surface area (TPSA) is 106 Å². The zero-order chi connectivity index (χ0) is 10.9. The Kier molecular flexibility index (Phi) is 2.70. The molecule has 1 aromatic carbocycles. The molecule has 0 bridgehead atoms. The van der Waals surface area contributed by atoms with Gasteiger partial charge in [-0.1, -0.05) is 15.9 Å². The lowest BCUT2D eigenvalue weighted by molar-refractivity contribution is -0.386. The van der Waals surface area contributed by atoms with Crippen molar-refractivity contribution in [2.24, 2.45) is 5.73 Å². The molecule has 0 saturated carbocycles. The normalized spacial score (nSPS) is 9.79. The summed E-state index contributed by atoms with van der Waals surface area (Å²) in [4.78, 5) is 20.4. The van der Waals surface area contributed by atoms with Crippen LogP contribution in [0, 0.1) is 10.1 Å². The number of nitrogens with two attached hydrogens (primary N) is 1. The molecule has 74 valence electrons. The molecule has 0 unspecified atom stereocenters. The van der Waals surface area contributed by atoms with Crippen molar-refractivity contribution in [2.45, 2.75) is 0 Å². The van der Waals surface area contributed by atoms with Crippen LogP contribution in [0.1, 0.15) is 10.4 Å². The maximum Gasteiger partial charge on any atom is 0.312 e. The predicted octanol–water partition coefficient (Wildman–Crippen LogP) is 1.16. The summed E-state index contributed by atoms with van der Waals surface area (Å²) in [5, 5.41) is 19.7. The number of amides is 1. The molecule has 14 heavy (non-hydrogen) atoms. The largest absolute Gasteiger partial charge is 0.502 e. The summed E-state index contributed by atoms with van der Waals surface area (Å²) in [6.45, 7) is 0. The molecule has 0 aliphatic carbocycles. The fourth-order valence-corrected chi connectivity index (χ4v) is 1.36. The van der Waals surface area contributed by atoms with Crippen LogP contribution in [-0.4, -0.2) is 15.9 Å². The monoisotopic (exact) mass is 260 g/mol. The molecule has 1 rings (SSSR count). The van der Waals surface area contributed by atoms with Crippen molar-refractivity contribution in [3.05, 3.63) is 32.3 Å². The van der Waals surface area contributed by atoms with E-state index < -0.39 is 22.3 Å². The molecule has 0 atom stereocenters. The molecule has 7 heteroatoms. The number of nitrogens with zero attached hydrogens (tertiary/aromatic N) is 1. The van der Waals surface area contributed by atoms with Crippen LogP contribution in [0.3, 0.4) is 0 Å². The maximum absolute atomic E-state index is 10.8. The number of hydrogen-bond acceptors (Lipinski definition) is 4. The van der Waals surface area contributed by atoms with Gasteiger partial charge in [-0.05, 0) is 6.07 Å². The number of nitro groups is 1.